The summed E-state index contributed by atoms with van der Waals surface area (Å²) < 4.78 is 5.64. The standard InChI is InChI=1S/C14H16N2O/c15-11-13-7-4-9-16-14(13)17-10-8-12-5-2-1-3-6-12/h1-7,9H,8,10-11,15H2. The number of rotatable bonds is 5. The molecule has 2 aromatic rings. The Morgan fingerprint density at radius 1 is 1.06 bits per heavy atom. The summed E-state index contributed by atoms with van der Waals surface area (Å²) in [7, 11) is 0. The molecule has 3 nitrogen and oxygen atoms in total. The molecule has 1 aromatic heterocycles. The number of ether oxygens (including phenoxy) is 1. The van der Waals surface area contributed by atoms with Gasteiger partial charge in [-0.25, -0.2) is 4.98 Å². The Balaban J connectivity index is 1.90. The van der Waals surface area contributed by atoms with E-state index < -0.39 is 0 Å². The maximum Gasteiger partial charge on any atom is 0.217 e. The third-order valence-corrected chi connectivity index (χ3v) is 2.54. The summed E-state index contributed by atoms with van der Waals surface area (Å²) in [5, 5.41) is 0. The summed E-state index contributed by atoms with van der Waals surface area (Å²) in [5.74, 6) is 0.644. The number of pyridine rings is 1. The first-order valence-electron chi connectivity index (χ1n) is 5.71. The molecule has 0 unspecified atom stereocenters. The van der Waals surface area contributed by atoms with E-state index in [2.05, 4.69) is 17.1 Å². The minimum Gasteiger partial charge on any atom is -0.477 e. The van der Waals surface area contributed by atoms with Crippen LogP contribution in [0.15, 0.2) is 48.7 Å². The Bertz CT molecular complexity index is 457. The zero-order valence-corrected chi connectivity index (χ0v) is 9.67. The van der Waals surface area contributed by atoms with E-state index in [1.54, 1.807) is 6.20 Å². The number of aromatic nitrogens is 1. The topological polar surface area (TPSA) is 48.1 Å². The van der Waals surface area contributed by atoms with Crippen molar-refractivity contribution in [3.05, 3.63) is 59.8 Å². The summed E-state index contributed by atoms with van der Waals surface area (Å²) in [6.45, 7) is 1.07. The molecule has 0 aliphatic carbocycles. The average Bonchev–Trinajstić information content (AvgIpc) is 2.40. The van der Waals surface area contributed by atoms with Gasteiger partial charge in [-0.2, -0.15) is 0 Å². The molecule has 17 heavy (non-hydrogen) atoms. The van der Waals surface area contributed by atoms with Crippen molar-refractivity contribution in [3.63, 3.8) is 0 Å². The Morgan fingerprint density at radius 2 is 1.88 bits per heavy atom. The van der Waals surface area contributed by atoms with Gasteiger partial charge in [-0.15, -0.1) is 0 Å². The number of hydrogen-bond donors (Lipinski definition) is 1. The van der Waals surface area contributed by atoms with E-state index in [4.69, 9.17) is 10.5 Å². The lowest BCUT2D eigenvalue weighted by Gasteiger charge is -2.08. The number of nitrogens with zero attached hydrogens (tertiary/aromatic N) is 1. The van der Waals surface area contributed by atoms with Crippen LogP contribution in [0.25, 0.3) is 0 Å². The second kappa shape index (κ2) is 6.01. The van der Waals surface area contributed by atoms with Crippen LogP contribution in [0.4, 0.5) is 0 Å². The van der Waals surface area contributed by atoms with Crippen LogP contribution in [0.3, 0.4) is 0 Å². The molecule has 0 aliphatic heterocycles. The third kappa shape index (κ3) is 3.29. The summed E-state index contributed by atoms with van der Waals surface area (Å²) in [5.41, 5.74) is 7.82. The Hall–Kier alpha value is -1.87. The van der Waals surface area contributed by atoms with Crippen molar-refractivity contribution >= 4 is 0 Å². The van der Waals surface area contributed by atoms with E-state index in [1.165, 1.54) is 5.56 Å². The molecule has 0 aliphatic rings. The predicted octanol–water partition coefficient (Wildman–Crippen LogP) is 2.16. The van der Waals surface area contributed by atoms with Crippen molar-refractivity contribution < 1.29 is 4.74 Å². The van der Waals surface area contributed by atoms with Crippen LogP contribution in [-0.2, 0) is 13.0 Å². The van der Waals surface area contributed by atoms with Crippen LogP contribution < -0.4 is 10.5 Å². The largest absolute Gasteiger partial charge is 0.477 e. The molecule has 0 spiro atoms. The highest BCUT2D eigenvalue weighted by Gasteiger charge is 2.02. The Morgan fingerprint density at radius 3 is 2.65 bits per heavy atom. The van der Waals surface area contributed by atoms with Gasteiger partial charge in [-0.05, 0) is 11.6 Å². The van der Waals surface area contributed by atoms with Crippen LogP contribution in [0.1, 0.15) is 11.1 Å². The number of hydrogen-bond acceptors (Lipinski definition) is 3. The highest BCUT2D eigenvalue weighted by Crippen LogP contribution is 2.13. The molecule has 0 radical (unpaired) electrons. The van der Waals surface area contributed by atoms with E-state index in [-0.39, 0.29) is 0 Å². The van der Waals surface area contributed by atoms with Gasteiger partial charge in [0.25, 0.3) is 0 Å². The molecule has 88 valence electrons. The van der Waals surface area contributed by atoms with Gasteiger partial charge in [0, 0.05) is 24.7 Å². The molecule has 2 rings (SSSR count). The highest BCUT2D eigenvalue weighted by atomic mass is 16.5. The fourth-order valence-electron chi connectivity index (χ4n) is 1.62. The zero-order chi connectivity index (χ0) is 11.9. The second-order valence-corrected chi connectivity index (χ2v) is 3.76. The minimum atomic E-state index is 0.453. The lowest BCUT2D eigenvalue weighted by molar-refractivity contribution is 0.306. The van der Waals surface area contributed by atoms with Gasteiger partial charge in [-0.3, -0.25) is 0 Å². The first kappa shape index (κ1) is 11.6. The SMILES string of the molecule is NCc1cccnc1OCCc1ccccc1. The van der Waals surface area contributed by atoms with Gasteiger partial charge < -0.3 is 10.5 Å². The summed E-state index contributed by atoms with van der Waals surface area (Å²) >= 11 is 0. The van der Waals surface area contributed by atoms with Gasteiger partial charge >= 0.3 is 0 Å². The maximum atomic E-state index is 5.64. The molecular weight excluding hydrogens is 212 g/mol. The van der Waals surface area contributed by atoms with Crippen LogP contribution in [0.2, 0.25) is 0 Å². The van der Waals surface area contributed by atoms with E-state index in [9.17, 15) is 0 Å². The second-order valence-electron chi connectivity index (χ2n) is 3.76. The van der Waals surface area contributed by atoms with E-state index in [0.717, 1.165) is 12.0 Å². The minimum absolute atomic E-state index is 0.453. The summed E-state index contributed by atoms with van der Waals surface area (Å²) in [6, 6.07) is 14.0. The van der Waals surface area contributed by atoms with E-state index in [0.29, 0.717) is 19.0 Å². The summed E-state index contributed by atoms with van der Waals surface area (Å²) in [6.07, 6.45) is 2.60. The molecule has 0 bridgehead atoms. The molecule has 0 saturated heterocycles. The monoisotopic (exact) mass is 228 g/mol. The lowest BCUT2D eigenvalue weighted by atomic mass is 10.2. The van der Waals surface area contributed by atoms with Crippen molar-refractivity contribution in [1.29, 1.82) is 0 Å². The van der Waals surface area contributed by atoms with Gasteiger partial charge in [0.15, 0.2) is 0 Å². The first-order chi connectivity index (χ1) is 8.40. The Labute approximate surface area is 101 Å². The molecular formula is C14H16N2O. The van der Waals surface area contributed by atoms with Gasteiger partial charge in [0.05, 0.1) is 6.61 Å². The highest BCUT2D eigenvalue weighted by molar-refractivity contribution is 5.25. The van der Waals surface area contributed by atoms with Gasteiger partial charge in [0.1, 0.15) is 0 Å². The lowest BCUT2D eigenvalue weighted by Crippen LogP contribution is -2.07. The molecule has 2 N–H and O–H groups in total. The van der Waals surface area contributed by atoms with Crippen LogP contribution >= 0.6 is 0 Å². The van der Waals surface area contributed by atoms with Gasteiger partial charge in [-0.1, -0.05) is 36.4 Å². The van der Waals surface area contributed by atoms with Crippen LogP contribution in [0, 0.1) is 0 Å². The molecule has 1 aromatic carbocycles. The quantitative estimate of drug-likeness (QED) is 0.853. The molecule has 1 heterocycles. The third-order valence-electron chi connectivity index (χ3n) is 2.54. The van der Waals surface area contributed by atoms with Crippen molar-refractivity contribution in [1.82, 2.24) is 4.98 Å². The van der Waals surface area contributed by atoms with Crippen molar-refractivity contribution in [2.24, 2.45) is 5.73 Å². The summed E-state index contributed by atoms with van der Waals surface area (Å²) in [4.78, 5) is 4.18. The Kier molecular flexibility index (Phi) is 4.11. The molecule has 0 fully saturated rings. The smallest absolute Gasteiger partial charge is 0.217 e. The molecule has 0 amide bonds. The van der Waals surface area contributed by atoms with E-state index >= 15 is 0 Å². The average molecular weight is 228 g/mol. The maximum absolute atomic E-state index is 5.64. The normalized spacial score (nSPS) is 10.2. The van der Waals surface area contributed by atoms with Crippen molar-refractivity contribution in [2.45, 2.75) is 13.0 Å². The van der Waals surface area contributed by atoms with E-state index in [1.807, 2.05) is 30.3 Å². The zero-order valence-electron chi connectivity index (χ0n) is 9.67. The van der Waals surface area contributed by atoms with Crippen molar-refractivity contribution in [2.75, 3.05) is 6.61 Å². The first-order valence-corrected chi connectivity index (χ1v) is 5.71. The number of benzene rings is 1. The number of nitrogens with two attached hydrogens (primary N) is 1. The fourth-order valence-corrected chi connectivity index (χ4v) is 1.62. The van der Waals surface area contributed by atoms with Crippen molar-refractivity contribution in [3.8, 4) is 5.88 Å². The molecule has 0 saturated carbocycles. The molecule has 3 heteroatoms. The van der Waals surface area contributed by atoms with Crippen LogP contribution in [-0.4, -0.2) is 11.6 Å². The molecule has 0 atom stereocenters. The fraction of sp³-hybridized carbons (Fsp3) is 0.214. The van der Waals surface area contributed by atoms with Crippen LogP contribution in [0.5, 0.6) is 5.88 Å². The van der Waals surface area contributed by atoms with Gasteiger partial charge in [0.2, 0.25) is 5.88 Å². The predicted molar refractivity (Wildman–Crippen MR) is 67.8 cm³/mol.